The van der Waals surface area contributed by atoms with Crippen molar-refractivity contribution in [2.24, 2.45) is 11.1 Å². The van der Waals surface area contributed by atoms with Crippen molar-refractivity contribution in [2.45, 2.75) is 57.6 Å². The van der Waals surface area contributed by atoms with E-state index >= 15 is 0 Å². The zero-order chi connectivity index (χ0) is 12.3. The first-order valence-electron chi connectivity index (χ1n) is 6.76. The van der Waals surface area contributed by atoms with Crippen LogP contribution in [0.3, 0.4) is 0 Å². The molecule has 1 saturated carbocycles. The third-order valence-corrected chi connectivity index (χ3v) is 4.29. The lowest BCUT2D eigenvalue weighted by molar-refractivity contribution is -0.126. The fourth-order valence-electron chi connectivity index (χ4n) is 2.87. The number of amides is 1. The van der Waals surface area contributed by atoms with Crippen LogP contribution in [0.4, 0.5) is 0 Å². The molecule has 1 amide bonds. The van der Waals surface area contributed by atoms with Crippen molar-refractivity contribution < 1.29 is 9.53 Å². The summed E-state index contributed by atoms with van der Waals surface area (Å²) < 4.78 is 5.57. The molecule has 2 atom stereocenters. The van der Waals surface area contributed by atoms with Crippen molar-refractivity contribution in [3.8, 4) is 0 Å². The van der Waals surface area contributed by atoms with E-state index in [0.717, 1.165) is 32.3 Å². The SMILES string of the molecule is CC(NC(=O)CC1(CN)CCC1)C1CCCO1. The molecule has 4 heteroatoms. The highest BCUT2D eigenvalue weighted by atomic mass is 16.5. The second-order valence-corrected chi connectivity index (χ2v) is 5.64. The number of hydrogen-bond donors (Lipinski definition) is 2. The summed E-state index contributed by atoms with van der Waals surface area (Å²) in [6.45, 7) is 3.50. The van der Waals surface area contributed by atoms with Crippen LogP contribution < -0.4 is 11.1 Å². The van der Waals surface area contributed by atoms with Gasteiger partial charge in [-0.15, -0.1) is 0 Å². The zero-order valence-electron chi connectivity index (χ0n) is 10.7. The number of carbonyl (C=O) groups excluding carboxylic acids is 1. The van der Waals surface area contributed by atoms with E-state index in [4.69, 9.17) is 10.5 Å². The van der Waals surface area contributed by atoms with Gasteiger partial charge in [-0.2, -0.15) is 0 Å². The van der Waals surface area contributed by atoms with Crippen molar-refractivity contribution in [1.29, 1.82) is 0 Å². The van der Waals surface area contributed by atoms with Gasteiger partial charge in [0.05, 0.1) is 12.1 Å². The Kier molecular flexibility index (Phi) is 4.05. The van der Waals surface area contributed by atoms with Gasteiger partial charge in [0.15, 0.2) is 0 Å². The molecular weight excluding hydrogens is 216 g/mol. The van der Waals surface area contributed by atoms with E-state index in [1.165, 1.54) is 6.42 Å². The Bertz CT molecular complexity index is 265. The molecule has 1 aliphatic heterocycles. The van der Waals surface area contributed by atoms with Gasteiger partial charge in [-0.05, 0) is 44.6 Å². The molecule has 0 aromatic heterocycles. The molecule has 98 valence electrons. The Morgan fingerprint density at radius 2 is 2.29 bits per heavy atom. The van der Waals surface area contributed by atoms with Crippen molar-refractivity contribution in [3.05, 3.63) is 0 Å². The first-order chi connectivity index (χ1) is 8.15. The number of carbonyl (C=O) groups is 1. The van der Waals surface area contributed by atoms with E-state index in [1.807, 2.05) is 6.92 Å². The van der Waals surface area contributed by atoms with Crippen LogP contribution in [0.5, 0.6) is 0 Å². The molecule has 4 nitrogen and oxygen atoms in total. The molecule has 0 bridgehead atoms. The van der Waals surface area contributed by atoms with Crippen LogP contribution in [0.15, 0.2) is 0 Å². The van der Waals surface area contributed by atoms with Crippen molar-refractivity contribution in [3.63, 3.8) is 0 Å². The molecule has 1 aliphatic carbocycles. The lowest BCUT2D eigenvalue weighted by Gasteiger charge is -2.40. The summed E-state index contributed by atoms with van der Waals surface area (Å²) in [6.07, 6.45) is 6.37. The third-order valence-electron chi connectivity index (χ3n) is 4.29. The highest BCUT2D eigenvalue weighted by molar-refractivity contribution is 5.77. The maximum atomic E-state index is 12.0. The predicted octanol–water partition coefficient (Wildman–Crippen LogP) is 1.19. The lowest BCUT2D eigenvalue weighted by Crippen LogP contribution is -2.46. The zero-order valence-corrected chi connectivity index (χ0v) is 10.7. The number of hydrogen-bond acceptors (Lipinski definition) is 3. The number of rotatable bonds is 5. The topological polar surface area (TPSA) is 64.4 Å². The van der Waals surface area contributed by atoms with Gasteiger partial charge >= 0.3 is 0 Å². The van der Waals surface area contributed by atoms with Gasteiger partial charge in [0.2, 0.25) is 5.91 Å². The first-order valence-corrected chi connectivity index (χ1v) is 6.76. The minimum Gasteiger partial charge on any atom is -0.376 e. The summed E-state index contributed by atoms with van der Waals surface area (Å²) in [5.41, 5.74) is 5.86. The molecule has 1 saturated heterocycles. The van der Waals surface area contributed by atoms with Crippen LogP contribution in [0.2, 0.25) is 0 Å². The second kappa shape index (κ2) is 5.36. The standard InChI is InChI=1S/C13H24N2O2/c1-10(11-4-2-7-17-11)15-12(16)8-13(9-14)5-3-6-13/h10-11H,2-9,14H2,1H3,(H,15,16). The first kappa shape index (κ1) is 12.8. The quantitative estimate of drug-likeness (QED) is 0.758. The largest absolute Gasteiger partial charge is 0.376 e. The third kappa shape index (κ3) is 2.99. The number of nitrogens with one attached hydrogen (secondary N) is 1. The molecule has 3 N–H and O–H groups in total. The van der Waals surface area contributed by atoms with Gasteiger partial charge in [0.1, 0.15) is 0 Å². The molecule has 2 aliphatic rings. The van der Waals surface area contributed by atoms with E-state index in [2.05, 4.69) is 5.32 Å². The number of ether oxygens (including phenoxy) is 1. The molecule has 0 spiro atoms. The van der Waals surface area contributed by atoms with Gasteiger partial charge in [-0.1, -0.05) is 6.42 Å². The Morgan fingerprint density at radius 3 is 2.76 bits per heavy atom. The second-order valence-electron chi connectivity index (χ2n) is 5.64. The van der Waals surface area contributed by atoms with Crippen molar-refractivity contribution in [2.75, 3.05) is 13.2 Å². The van der Waals surface area contributed by atoms with Gasteiger partial charge in [-0.3, -0.25) is 4.79 Å². The monoisotopic (exact) mass is 240 g/mol. The van der Waals surface area contributed by atoms with Crippen LogP contribution in [-0.2, 0) is 9.53 Å². The van der Waals surface area contributed by atoms with E-state index in [9.17, 15) is 4.79 Å². The fraction of sp³-hybridized carbons (Fsp3) is 0.923. The van der Waals surface area contributed by atoms with Crippen molar-refractivity contribution in [1.82, 2.24) is 5.32 Å². The molecule has 2 unspecified atom stereocenters. The highest BCUT2D eigenvalue weighted by Gasteiger charge is 2.38. The minimum atomic E-state index is 0.0976. The summed E-state index contributed by atoms with van der Waals surface area (Å²) in [5, 5.41) is 3.06. The fourth-order valence-corrected chi connectivity index (χ4v) is 2.87. The molecular formula is C13H24N2O2. The van der Waals surface area contributed by atoms with Crippen LogP contribution in [0, 0.1) is 5.41 Å². The molecule has 0 aromatic carbocycles. The lowest BCUT2D eigenvalue weighted by atomic mass is 9.66. The highest BCUT2D eigenvalue weighted by Crippen LogP contribution is 2.42. The molecule has 0 aromatic rings. The smallest absolute Gasteiger partial charge is 0.220 e. The summed E-state index contributed by atoms with van der Waals surface area (Å²) in [5.74, 6) is 0.137. The molecule has 0 radical (unpaired) electrons. The summed E-state index contributed by atoms with van der Waals surface area (Å²) in [6, 6.07) is 0.125. The van der Waals surface area contributed by atoms with Gasteiger partial charge in [0.25, 0.3) is 0 Å². The minimum absolute atomic E-state index is 0.0976. The maximum Gasteiger partial charge on any atom is 0.220 e. The van der Waals surface area contributed by atoms with Crippen LogP contribution in [-0.4, -0.2) is 31.2 Å². The van der Waals surface area contributed by atoms with E-state index in [0.29, 0.717) is 13.0 Å². The van der Waals surface area contributed by atoms with E-state index in [-0.39, 0.29) is 23.5 Å². The normalized spacial score (nSPS) is 28.5. The number of nitrogens with two attached hydrogens (primary N) is 1. The van der Waals surface area contributed by atoms with Crippen molar-refractivity contribution >= 4 is 5.91 Å². The Labute approximate surface area is 103 Å². The predicted molar refractivity (Wildman–Crippen MR) is 66.5 cm³/mol. The Hall–Kier alpha value is -0.610. The summed E-state index contributed by atoms with van der Waals surface area (Å²) in [4.78, 5) is 12.0. The average molecular weight is 240 g/mol. The Balaban J connectivity index is 1.76. The van der Waals surface area contributed by atoms with E-state index in [1.54, 1.807) is 0 Å². The summed E-state index contributed by atoms with van der Waals surface area (Å²) >= 11 is 0. The van der Waals surface area contributed by atoms with Gasteiger partial charge in [0, 0.05) is 13.0 Å². The van der Waals surface area contributed by atoms with Gasteiger partial charge < -0.3 is 15.8 Å². The van der Waals surface area contributed by atoms with E-state index < -0.39 is 0 Å². The molecule has 2 rings (SSSR count). The average Bonchev–Trinajstić information content (AvgIpc) is 2.76. The van der Waals surface area contributed by atoms with Gasteiger partial charge in [-0.25, -0.2) is 0 Å². The van der Waals surface area contributed by atoms with Crippen LogP contribution in [0.1, 0.15) is 45.4 Å². The Morgan fingerprint density at radius 1 is 1.53 bits per heavy atom. The maximum absolute atomic E-state index is 12.0. The molecule has 17 heavy (non-hydrogen) atoms. The van der Waals surface area contributed by atoms with Crippen LogP contribution >= 0.6 is 0 Å². The summed E-state index contributed by atoms with van der Waals surface area (Å²) in [7, 11) is 0. The molecule has 1 heterocycles. The van der Waals surface area contributed by atoms with Crippen LogP contribution in [0.25, 0.3) is 0 Å². The molecule has 2 fully saturated rings.